The van der Waals surface area contributed by atoms with E-state index in [-0.39, 0.29) is 5.92 Å². The van der Waals surface area contributed by atoms with Crippen molar-refractivity contribution in [1.29, 1.82) is 0 Å². The van der Waals surface area contributed by atoms with Gasteiger partial charge in [0.25, 0.3) is 0 Å². The lowest BCUT2D eigenvalue weighted by molar-refractivity contribution is -0.0574. The summed E-state index contributed by atoms with van der Waals surface area (Å²) in [6, 6.07) is 12.3. The van der Waals surface area contributed by atoms with Crippen LogP contribution in [0.1, 0.15) is 43.5 Å². The van der Waals surface area contributed by atoms with E-state index in [4.69, 9.17) is 0 Å². The van der Waals surface area contributed by atoms with Gasteiger partial charge in [-0.15, -0.1) is 0 Å². The van der Waals surface area contributed by atoms with E-state index in [1.54, 1.807) is 0 Å². The summed E-state index contributed by atoms with van der Waals surface area (Å²) in [5, 5.41) is 11.5. The van der Waals surface area contributed by atoms with Crippen LogP contribution in [-0.4, -0.2) is 50.7 Å². The Morgan fingerprint density at radius 2 is 2.06 bits per heavy atom. The van der Waals surface area contributed by atoms with Crippen molar-refractivity contribution < 1.29 is 5.11 Å². The molecule has 6 rings (SSSR count). The van der Waals surface area contributed by atoms with Crippen LogP contribution in [-0.2, 0) is 6.42 Å². The smallest absolute Gasteiger partial charge is 0.107 e. The van der Waals surface area contributed by atoms with Gasteiger partial charge in [-0.05, 0) is 81.0 Å². The lowest BCUT2D eigenvalue weighted by atomic mass is 9.61. The molecule has 2 aromatic heterocycles. The summed E-state index contributed by atoms with van der Waals surface area (Å²) in [5.41, 5.74) is 4.20. The molecule has 0 saturated heterocycles. The molecular formula is C26H32N4O. The first-order valence-electron chi connectivity index (χ1n) is 11.6. The highest BCUT2D eigenvalue weighted by molar-refractivity contribution is 5.74. The number of imidazole rings is 1. The number of fused-ring (bicyclic) bond motifs is 3. The Balaban J connectivity index is 1.13. The summed E-state index contributed by atoms with van der Waals surface area (Å²) < 4.78 is 0. The van der Waals surface area contributed by atoms with Crippen LogP contribution >= 0.6 is 0 Å². The van der Waals surface area contributed by atoms with Crippen molar-refractivity contribution in [2.75, 3.05) is 20.1 Å². The van der Waals surface area contributed by atoms with Gasteiger partial charge < -0.3 is 15.0 Å². The van der Waals surface area contributed by atoms with E-state index in [0.29, 0.717) is 5.92 Å². The normalized spacial score (nSPS) is 25.3. The number of benzene rings is 1. The number of H-pyrrole nitrogens is 1. The Bertz CT molecular complexity index is 1030. The van der Waals surface area contributed by atoms with E-state index in [1.807, 2.05) is 36.7 Å². The fourth-order valence-electron chi connectivity index (χ4n) is 5.48. The largest absolute Gasteiger partial charge is 0.389 e. The summed E-state index contributed by atoms with van der Waals surface area (Å²) in [6.07, 6.45) is 12.1. The Hall–Kier alpha value is -2.50. The molecule has 1 fully saturated rings. The number of aromatic nitrogens is 3. The number of aliphatic hydroxyl groups is 1. The first-order chi connectivity index (χ1) is 15.1. The van der Waals surface area contributed by atoms with Crippen molar-refractivity contribution in [2.24, 2.45) is 11.8 Å². The number of hydrogen-bond donors (Lipinski definition) is 2. The zero-order chi connectivity index (χ0) is 21.3. The predicted octanol–water partition coefficient (Wildman–Crippen LogP) is 4.46. The topological polar surface area (TPSA) is 65.0 Å². The van der Waals surface area contributed by atoms with Crippen molar-refractivity contribution in [3.63, 3.8) is 0 Å². The molecule has 31 heavy (non-hydrogen) atoms. The highest BCUT2D eigenvalue weighted by atomic mass is 16.3. The molecule has 0 aliphatic heterocycles. The molecule has 0 amide bonds. The van der Waals surface area contributed by atoms with Crippen LogP contribution in [0, 0.1) is 11.8 Å². The molecule has 0 spiro atoms. The molecule has 5 nitrogen and oxygen atoms in total. The van der Waals surface area contributed by atoms with Gasteiger partial charge in [-0.3, -0.25) is 4.98 Å². The maximum atomic E-state index is 11.5. The van der Waals surface area contributed by atoms with Gasteiger partial charge >= 0.3 is 0 Å². The third-order valence-corrected chi connectivity index (χ3v) is 7.25. The van der Waals surface area contributed by atoms with Crippen LogP contribution in [0.3, 0.4) is 0 Å². The molecule has 1 aromatic carbocycles. The highest BCUT2D eigenvalue weighted by Gasteiger charge is 2.46. The average molecular weight is 417 g/mol. The lowest BCUT2D eigenvalue weighted by Gasteiger charge is -2.48. The first-order valence-corrected chi connectivity index (χ1v) is 11.6. The van der Waals surface area contributed by atoms with Crippen molar-refractivity contribution in [1.82, 2.24) is 19.9 Å². The second-order valence-electron chi connectivity index (χ2n) is 9.41. The van der Waals surface area contributed by atoms with Gasteiger partial charge in [0.2, 0.25) is 0 Å². The molecule has 3 aliphatic carbocycles. The van der Waals surface area contributed by atoms with Crippen LogP contribution in [0.25, 0.3) is 16.6 Å². The molecule has 3 aliphatic rings. The monoisotopic (exact) mass is 416 g/mol. The maximum absolute atomic E-state index is 11.5. The summed E-state index contributed by atoms with van der Waals surface area (Å²) in [7, 11) is 2.17. The number of nitrogens with zero attached hydrogens (tertiary/aromatic N) is 3. The molecule has 162 valence electrons. The molecule has 3 atom stereocenters. The molecule has 2 heterocycles. The van der Waals surface area contributed by atoms with Crippen molar-refractivity contribution in [3.05, 3.63) is 66.3 Å². The van der Waals surface area contributed by atoms with Crippen molar-refractivity contribution in [3.8, 4) is 0 Å². The van der Waals surface area contributed by atoms with Crippen molar-refractivity contribution in [2.45, 2.75) is 44.1 Å². The quantitative estimate of drug-likeness (QED) is 0.569. The number of rotatable bonds is 8. The number of nitrogens with one attached hydrogen (secondary N) is 1. The molecule has 1 saturated carbocycles. The predicted molar refractivity (Wildman–Crippen MR) is 125 cm³/mol. The van der Waals surface area contributed by atoms with Crippen LogP contribution in [0.5, 0.6) is 0 Å². The molecule has 0 radical (unpaired) electrons. The SMILES string of the molecule is CN(CCCc1nc2ccccc2[nH]1)CC[C@]1(O)C[C@@H]2CC[C@@H]1C=C2c1cccnc1. The van der Waals surface area contributed by atoms with Gasteiger partial charge in [0.1, 0.15) is 5.82 Å². The van der Waals surface area contributed by atoms with Crippen LogP contribution in [0.15, 0.2) is 54.9 Å². The van der Waals surface area contributed by atoms with Gasteiger partial charge in [-0.1, -0.05) is 24.3 Å². The zero-order valence-corrected chi connectivity index (χ0v) is 18.3. The Morgan fingerprint density at radius 3 is 2.84 bits per heavy atom. The highest BCUT2D eigenvalue weighted by Crippen LogP contribution is 2.50. The molecular weight excluding hydrogens is 384 g/mol. The van der Waals surface area contributed by atoms with Crippen LogP contribution in [0.2, 0.25) is 0 Å². The first kappa shape index (κ1) is 20.4. The number of aryl methyl sites for hydroxylation is 1. The Labute approximate surface area is 184 Å². The summed E-state index contributed by atoms with van der Waals surface area (Å²) in [6.45, 7) is 1.94. The fraction of sp³-hybridized carbons (Fsp3) is 0.462. The van der Waals surface area contributed by atoms with E-state index in [9.17, 15) is 5.11 Å². The van der Waals surface area contributed by atoms with Crippen molar-refractivity contribution >= 4 is 16.6 Å². The molecule has 2 N–H and O–H groups in total. The third-order valence-electron chi connectivity index (χ3n) is 7.25. The fourth-order valence-corrected chi connectivity index (χ4v) is 5.48. The van der Waals surface area contributed by atoms with E-state index in [1.165, 1.54) is 17.6 Å². The Morgan fingerprint density at radius 1 is 1.16 bits per heavy atom. The molecule has 5 heteroatoms. The summed E-state index contributed by atoms with van der Waals surface area (Å²) in [5.74, 6) is 1.78. The molecule has 2 bridgehead atoms. The summed E-state index contributed by atoms with van der Waals surface area (Å²) in [4.78, 5) is 14.7. The summed E-state index contributed by atoms with van der Waals surface area (Å²) >= 11 is 0. The minimum Gasteiger partial charge on any atom is -0.389 e. The van der Waals surface area contributed by atoms with Crippen LogP contribution in [0.4, 0.5) is 0 Å². The van der Waals surface area contributed by atoms with Gasteiger partial charge in [0.05, 0.1) is 16.6 Å². The molecule has 3 aromatic rings. The van der Waals surface area contributed by atoms with Gasteiger partial charge in [0.15, 0.2) is 0 Å². The zero-order valence-electron chi connectivity index (χ0n) is 18.3. The standard InChI is InChI=1S/C26H32N4O/c1-30(14-5-9-25-28-23-7-2-3-8-24(23)29-25)15-12-26(31)17-19-10-11-21(26)16-22(19)20-6-4-13-27-18-20/h2-4,6-8,13,16,18-19,21,31H,5,9-12,14-15,17H2,1H3,(H,28,29)/t19-,21+,26-/m0/s1. The van der Waals surface area contributed by atoms with E-state index >= 15 is 0 Å². The van der Waals surface area contributed by atoms with Gasteiger partial charge in [0, 0.05) is 31.3 Å². The Kier molecular flexibility index (Phi) is 5.63. The minimum atomic E-state index is -0.568. The number of allylic oxidation sites excluding steroid dienone is 1. The van der Waals surface area contributed by atoms with Gasteiger partial charge in [-0.2, -0.15) is 0 Å². The maximum Gasteiger partial charge on any atom is 0.107 e. The average Bonchev–Trinajstić information content (AvgIpc) is 3.21. The number of aromatic amines is 1. The second kappa shape index (κ2) is 8.56. The number of para-hydroxylation sites is 2. The van der Waals surface area contributed by atoms with E-state index < -0.39 is 5.60 Å². The van der Waals surface area contributed by atoms with Gasteiger partial charge in [-0.25, -0.2) is 4.98 Å². The lowest BCUT2D eigenvalue weighted by Crippen LogP contribution is -2.48. The minimum absolute atomic E-state index is 0.261. The number of hydrogen-bond acceptors (Lipinski definition) is 4. The number of pyridine rings is 1. The third kappa shape index (κ3) is 4.30. The van der Waals surface area contributed by atoms with E-state index in [2.05, 4.69) is 45.1 Å². The molecule has 0 unspecified atom stereocenters. The second-order valence-corrected chi connectivity index (χ2v) is 9.41. The van der Waals surface area contributed by atoms with E-state index in [0.717, 1.165) is 62.1 Å². The van der Waals surface area contributed by atoms with Crippen LogP contribution < -0.4 is 0 Å².